The Morgan fingerprint density at radius 2 is 1.80 bits per heavy atom. The minimum atomic E-state index is -0.788. The van der Waals surface area contributed by atoms with Gasteiger partial charge in [-0.3, -0.25) is 4.79 Å². The van der Waals surface area contributed by atoms with Gasteiger partial charge in [-0.1, -0.05) is 27.7 Å². The number of nitrogens with zero attached hydrogens (tertiary/aromatic N) is 2. The molecule has 1 aliphatic heterocycles. The highest BCUT2D eigenvalue weighted by atomic mass is 16.9. The van der Waals surface area contributed by atoms with Gasteiger partial charge in [0.2, 0.25) is 5.91 Å². The minimum Gasteiger partial charge on any atom is -0.343 e. The van der Waals surface area contributed by atoms with E-state index in [1.165, 1.54) is 19.3 Å². The normalized spacial score (nSPS) is 15.1. The lowest BCUT2D eigenvalue weighted by molar-refractivity contribution is -0.757. The molecule has 1 saturated heterocycles. The molecule has 1 rings (SSSR count). The molecule has 118 valence electrons. The molecule has 0 atom stereocenters. The van der Waals surface area contributed by atoms with Gasteiger partial charge < -0.3 is 9.74 Å². The van der Waals surface area contributed by atoms with Crippen LogP contribution in [-0.4, -0.2) is 35.6 Å². The van der Waals surface area contributed by atoms with Crippen LogP contribution in [0.1, 0.15) is 59.8 Å². The van der Waals surface area contributed by atoms with Crippen molar-refractivity contribution >= 4 is 5.91 Å². The number of likely N-dealkylation sites (tertiary alicyclic amines) is 1. The van der Waals surface area contributed by atoms with Gasteiger partial charge in [0.25, 0.3) is 5.09 Å². The summed E-state index contributed by atoms with van der Waals surface area (Å²) < 4.78 is 0. The van der Waals surface area contributed by atoms with Crippen molar-refractivity contribution in [2.24, 2.45) is 5.41 Å². The molecule has 6 nitrogen and oxygen atoms in total. The van der Waals surface area contributed by atoms with E-state index in [2.05, 4.69) is 25.6 Å². The third-order valence-corrected chi connectivity index (χ3v) is 2.79. The summed E-state index contributed by atoms with van der Waals surface area (Å²) in [6, 6.07) is 0. The molecule has 0 aromatic rings. The van der Waals surface area contributed by atoms with Crippen molar-refractivity contribution in [2.75, 3.05) is 19.7 Å². The van der Waals surface area contributed by atoms with Gasteiger partial charge in [0.1, 0.15) is 0 Å². The van der Waals surface area contributed by atoms with E-state index in [4.69, 9.17) is 0 Å². The predicted octanol–water partition coefficient (Wildman–Crippen LogP) is 3.04. The quantitative estimate of drug-likeness (QED) is 0.588. The van der Waals surface area contributed by atoms with Crippen LogP contribution in [0.5, 0.6) is 0 Å². The largest absolute Gasteiger partial charge is 0.343 e. The van der Waals surface area contributed by atoms with E-state index in [9.17, 15) is 14.9 Å². The molecule has 0 saturated carbocycles. The van der Waals surface area contributed by atoms with E-state index < -0.39 is 5.09 Å². The van der Waals surface area contributed by atoms with Gasteiger partial charge in [-0.05, 0) is 31.1 Å². The molecule has 6 heteroatoms. The lowest BCUT2D eigenvalue weighted by atomic mass is 9.91. The zero-order chi connectivity index (χ0) is 15.6. The summed E-state index contributed by atoms with van der Waals surface area (Å²) in [5, 5.41) is 8.55. The van der Waals surface area contributed by atoms with Gasteiger partial charge in [-0.25, -0.2) is 0 Å². The molecular weight excluding hydrogens is 260 g/mol. The molecular formula is C14H28N2O4. The molecule has 0 radical (unpaired) electrons. The molecule has 0 spiro atoms. The highest BCUT2D eigenvalue weighted by molar-refractivity contribution is 5.76. The van der Waals surface area contributed by atoms with Crippen molar-refractivity contribution in [2.45, 2.75) is 59.8 Å². The molecule has 20 heavy (non-hydrogen) atoms. The molecule has 0 aromatic heterocycles. The summed E-state index contributed by atoms with van der Waals surface area (Å²) in [6.45, 7) is 10.3. The third-order valence-electron chi connectivity index (χ3n) is 2.79. The number of hydrogen-bond donors (Lipinski definition) is 0. The van der Waals surface area contributed by atoms with Crippen molar-refractivity contribution in [1.82, 2.24) is 4.90 Å². The molecule has 0 unspecified atom stereocenters. The Kier molecular flexibility index (Phi) is 8.92. The van der Waals surface area contributed by atoms with E-state index in [1.807, 2.05) is 11.8 Å². The Bertz CT molecular complexity index is 294. The van der Waals surface area contributed by atoms with Crippen LogP contribution < -0.4 is 0 Å². The first-order valence-electron chi connectivity index (χ1n) is 7.31. The number of carbonyl (C=O) groups excluding carboxylic acids is 1. The average Bonchev–Trinajstić information content (AvgIpc) is 2.36. The van der Waals surface area contributed by atoms with Crippen LogP contribution in [0.3, 0.4) is 0 Å². The standard InChI is InChI=1S/C11H21NO.C3H7NO3/c1-11(2,3)9-10(13)12-7-5-4-6-8-12;1-2-3-7-4(5)6/h4-9H2,1-3H3;2-3H2,1H3. The SMILES string of the molecule is CC(C)(C)CC(=O)N1CCCCC1.CCCO[N+](=O)[O-]. The number of hydrogen-bond acceptors (Lipinski definition) is 4. The Labute approximate surface area is 121 Å². The number of carbonyl (C=O) groups is 1. The number of amides is 1. The van der Waals surface area contributed by atoms with E-state index in [1.54, 1.807) is 0 Å². The van der Waals surface area contributed by atoms with E-state index >= 15 is 0 Å². The first-order valence-corrected chi connectivity index (χ1v) is 7.31. The smallest absolute Gasteiger partial charge is 0.294 e. The monoisotopic (exact) mass is 288 g/mol. The molecule has 0 bridgehead atoms. The van der Waals surface area contributed by atoms with Crippen LogP contribution >= 0.6 is 0 Å². The fourth-order valence-corrected chi connectivity index (χ4v) is 1.87. The summed E-state index contributed by atoms with van der Waals surface area (Å²) in [7, 11) is 0. The third kappa shape index (κ3) is 10.6. The molecule has 0 aromatic carbocycles. The van der Waals surface area contributed by atoms with Gasteiger partial charge >= 0.3 is 0 Å². The summed E-state index contributed by atoms with van der Waals surface area (Å²) in [5.41, 5.74) is 0.133. The van der Waals surface area contributed by atoms with Gasteiger partial charge in [0.05, 0.1) is 6.61 Å². The van der Waals surface area contributed by atoms with Crippen LogP contribution in [-0.2, 0) is 9.63 Å². The summed E-state index contributed by atoms with van der Waals surface area (Å²) >= 11 is 0. The Morgan fingerprint density at radius 3 is 2.15 bits per heavy atom. The van der Waals surface area contributed by atoms with Crippen molar-refractivity contribution in [3.63, 3.8) is 0 Å². The first-order chi connectivity index (χ1) is 9.26. The maximum Gasteiger partial charge on any atom is 0.294 e. The molecule has 0 N–H and O–H groups in total. The van der Waals surface area contributed by atoms with Crippen LogP contribution in [0.4, 0.5) is 0 Å². The molecule has 1 heterocycles. The predicted molar refractivity (Wildman–Crippen MR) is 77.7 cm³/mol. The highest BCUT2D eigenvalue weighted by Crippen LogP contribution is 2.21. The lowest BCUT2D eigenvalue weighted by Crippen LogP contribution is -2.37. The van der Waals surface area contributed by atoms with E-state index in [-0.39, 0.29) is 12.0 Å². The van der Waals surface area contributed by atoms with Crippen LogP contribution in [0.15, 0.2) is 0 Å². The van der Waals surface area contributed by atoms with Gasteiger partial charge in [0, 0.05) is 19.5 Å². The van der Waals surface area contributed by atoms with Crippen molar-refractivity contribution in [3.8, 4) is 0 Å². The Morgan fingerprint density at radius 1 is 1.25 bits per heavy atom. The minimum absolute atomic E-state index is 0.133. The molecule has 1 amide bonds. The summed E-state index contributed by atoms with van der Waals surface area (Å²) in [4.78, 5) is 27.0. The fourth-order valence-electron chi connectivity index (χ4n) is 1.87. The van der Waals surface area contributed by atoms with Gasteiger partial charge in [-0.2, -0.15) is 0 Å². The maximum absolute atomic E-state index is 11.7. The van der Waals surface area contributed by atoms with Gasteiger partial charge in [-0.15, -0.1) is 10.1 Å². The summed E-state index contributed by atoms with van der Waals surface area (Å²) in [6.07, 6.45) is 5.04. The topological polar surface area (TPSA) is 72.7 Å². The van der Waals surface area contributed by atoms with E-state index in [0.717, 1.165) is 13.1 Å². The Hall–Kier alpha value is -1.33. The van der Waals surface area contributed by atoms with Crippen molar-refractivity contribution < 1.29 is 14.7 Å². The average molecular weight is 288 g/mol. The van der Waals surface area contributed by atoms with Crippen LogP contribution in [0.25, 0.3) is 0 Å². The Balaban J connectivity index is 0.000000441. The molecule has 1 fully saturated rings. The van der Waals surface area contributed by atoms with Crippen LogP contribution in [0.2, 0.25) is 0 Å². The highest BCUT2D eigenvalue weighted by Gasteiger charge is 2.21. The summed E-state index contributed by atoms with van der Waals surface area (Å²) in [5.74, 6) is 0.340. The lowest BCUT2D eigenvalue weighted by Gasteiger charge is -2.29. The zero-order valence-corrected chi connectivity index (χ0v) is 13.2. The van der Waals surface area contributed by atoms with Crippen LogP contribution in [0, 0.1) is 15.5 Å². The molecule has 0 aliphatic carbocycles. The van der Waals surface area contributed by atoms with E-state index in [0.29, 0.717) is 18.7 Å². The second kappa shape index (κ2) is 9.55. The second-order valence-corrected chi connectivity index (χ2v) is 6.24. The van der Waals surface area contributed by atoms with Crippen molar-refractivity contribution in [1.29, 1.82) is 0 Å². The zero-order valence-electron chi connectivity index (χ0n) is 13.2. The first kappa shape index (κ1) is 18.7. The number of piperidine rings is 1. The maximum atomic E-state index is 11.7. The van der Waals surface area contributed by atoms with Gasteiger partial charge in [0.15, 0.2) is 0 Å². The second-order valence-electron chi connectivity index (χ2n) is 6.24. The van der Waals surface area contributed by atoms with Crippen molar-refractivity contribution in [3.05, 3.63) is 10.1 Å². The fraction of sp³-hybridized carbons (Fsp3) is 0.929. The number of rotatable bonds is 4. The molecule has 1 aliphatic rings.